The third kappa shape index (κ3) is 5.75. The van der Waals surface area contributed by atoms with Gasteiger partial charge in [0.1, 0.15) is 5.75 Å². The van der Waals surface area contributed by atoms with Gasteiger partial charge >= 0.3 is 5.97 Å². The highest BCUT2D eigenvalue weighted by Crippen LogP contribution is 2.25. The lowest BCUT2D eigenvalue weighted by molar-refractivity contribution is -0.384. The predicted octanol–water partition coefficient (Wildman–Crippen LogP) is 3.12. The summed E-state index contributed by atoms with van der Waals surface area (Å²) in [4.78, 5) is 33.5. The zero-order chi connectivity index (χ0) is 19.1. The molecule has 1 amide bonds. The summed E-state index contributed by atoms with van der Waals surface area (Å²) < 4.78 is 10.1. The van der Waals surface area contributed by atoms with E-state index in [-0.39, 0.29) is 11.4 Å². The van der Waals surface area contributed by atoms with E-state index in [4.69, 9.17) is 21.1 Å². The average Bonchev–Trinajstić information content (AvgIpc) is 2.61. The molecule has 0 aliphatic carbocycles. The summed E-state index contributed by atoms with van der Waals surface area (Å²) in [5, 5.41) is 13.4. The first kappa shape index (κ1) is 19.2. The number of nitro groups is 1. The molecular weight excluding hydrogens is 364 g/mol. The van der Waals surface area contributed by atoms with Gasteiger partial charge in [0.2, 0.25) is 0 Å². The Bertz CT molecular complexity index is 840. The van der Waals surface area contributed by atoms with Crippen molar-refractivity contribution in [2.24, 2.45) is 0 Å². The Labute approximate surface area is 153 Å². The van der Waals surface area contributed by atoms with Gasteiger partial charge in [-0.2, -0.15) is 0 Å². The largest absolute Gasteiger partial charge is 0.480 e. The van der Waals surface area contributed by atoms with Crippen LogP contribution in [0, 0.1) is 17.0 Å². The molecule has 0 heterocycles. The summed E-state index contributed by atoms with van der Waals surface area (Å²) in [6, 6.07) is 10.5. The molecule has 0 aliphatic rings. The monoisotopic (exact) mass is 378 g/mol. The van der Waals surface area contributed by atoms with Crippen molar-refractivity contribution in [3.8, 4) is 5.75 Å². The molecule has 9 heteroatoms. The molecule has 2 aromatic carbocycles. The zero-order valence-electron chi connectivity index (χ0n) is 13.7. The Kier molecular flexibility index (Phi) is 6.51. The standard InChI is InChI=1S/C17H15ClN2O6/c1-11-5-6-14(18)15(7-11)25-10-17(22)26-9-16(21)19-12-3-2-4-13(8-12)20(23)24/h2-8H,9-10H2,1H3,(H,19,21). The molecule has 0 saturated heterocycles. The number of halogens is 1. The Morgan fingerprint density at radius 1 is 1.19 bits per heavy atom. The summed E-state index contributed by atoms with van der Waals surface area (Å²) in [5.74, 6) is -1.05. The Morgan fingerprint density at radius 2 is 1.96 bits per heavy atom. The lowest BCUT2D eigenvalue weighted by Gasteiger charge is -2.09. The Balaban J connectivity index is 1.80. The van der Waals surface area contributed by atoms with Gasteiger partial charge in [-0.25, -0.2) is 4.79 Å². The number of anilines is 1. The number of hydrogen-bond donors (Lipinski definition) is 1. The summed E-state index contributed by atoms with van der Waals surface area (Å²) in [7, 11) is 0. The van der Waals surface area contributed by atoms with Crippen molar-refractivity contribution < 1.29 is 24.0 Å². The third-order valence-corrected chi connectivity index (χ3v) is 3.45. The van der Waals surface area contributed by atoms with E-state index in [0.29, 0.717) is 10.8 Å². The number of rotatable bonds is 7. The normalized spacial score (nSPS) is 10.1. The number of amides is 1. The van der Waals surface area contributed by atoms with Crippen LogP contribution in [0.25, 0.3) is 0 Å². The SMILES string of the molecule is Cc1ccc(Cl)c(OCC(=O)OCC(=O)Nc2cccc([N+](=O)[O-])c2)c1. The van der Waals surface area contributed by atoms with Crippen molar-refractivity contribution >= 4 is 34.9 Å². The lowest BCUT2D eigenvalue weighted by Crippen LogP contribution is -2.23. The van der Waals surface area contributed by atoms with Gasteiger partial charge in [0.25, 0.3) is 11.6 Å². The van der Waals surface area contributed by atoms with Crippen LogP contribution in [0.15, 0.2) is 42.5 Å². The van der Waals surface area contributed by atoms with E-state index in [9.17, 15) is 19.7 Å². The van der Waals surface area contributed by atoms with Crippen LogP contribution in [0.4, 0.5) is 11.4 Å². The van der Waals surface area contributed by atoms with E-state index < -0.39 is 30.0 Å². The second-order valence-corrected chi connectivity index (χ2v) is 5.65. The number of nitro benzene ring substituents is 1. The minimum absolute atomic E-state index is 0.164. The van der Waals surface area contributed by atoms with Gasteiger partial charge in [-0.05, 0) is 30.7 Å². The molecule has 0 atom stereocenters. The van der Waals surface area contributed by atoms with Gasteiger partial charge in [0.05, 0.1) is 9.95 Å². The molecule has 1 N–H and O–H groups in total. The fourth-order valence-corrected chi connectivity index (χ4v) is 2.11. The van der Waals surface area contributed by atoms with E-state index in [2.05, 4.69) is 5.32 Å². The second-order valence-electron chi connectivity index (χ2n) is 5.24. The molecule has 0 aromatic heterocycles. The summed E-state index contributed by atoms with van der Waals surface area (Å²) >= 11 is 5.94. The second kappa shape index (κ2) is 8.82. The lowest BCUT2D eigenvalue weighted by atomic mass is 10.2. The first-order valence-electron chi connectivity index (χ1n) is 7.44. The summed E-state index contributed by atoms with van der Waals surface area (Å²) in [5.41, 5.74) is 0.973. The summed E-state index contributed by atoms with van der Waals surface area (Å²) in [6.07, 6.45) is 0. The van der Waals surface area contributed by atoms with Crippen LogP contribution in [0.2, 0.25) is 5.02 Å². The maximum absolute atomic E-state index is 11.8. The smallest absolute Gasteiger partial charge is 0.344 e. The average molecular weight is 379 g/mol. The molecule has 0 spiro atoms. The van der Waals surface area contributed by atoms with Crippen LogP contribution in [-0.4, -0.2) is 30.0 Å². The topological polar surface area (TPSA) is 108 Å². The molecule has 0 aliphatic heterocycles. The van der Waals surface area contributed by atoms with Crippen molar-refractivity contribution in [2.75, 3.05) is 18.5 Å². The molecule has 8 nitrogen and oxygen atoms in total. The molecule has 0 radical (unpaired) electrons. The molecule has 26 heavy (non-hydrogen) atoms. The minimum Gasteiger partial charge on any atom is -0.480 e. The maximum Gasteiger partial charge on any atom is 0.344 e. The fourth-order valence-electron chi connectivity index (χ4n) is 1.94. The number of nitrogens with zero attached hydrogens (tertiary/aromatic N) is 1. The fraction of sp³-hybridized carbons (Fsp3) is 0.176. The number of hydrogen-bond acceptors (Lipinski definition) is 6. The van der Waals surface area contributed by atoms with Crippen molar-refractivity contribution in [3.05, 3.63) is 63.2 Å². The van der Waals surface area contributed by atoms with Crippen molar-refractivity contribution in [2.45, 2.75) is 6.92 Å². The van der Waals surface area contributed by atoms with Crippen LogP contribution < -0.4 is 10.1 Å². The molecule has 0 fully saturated rings. The third-order valence-electron chi connectivity index (χ3n) is 3.14. The van der Waals surface area contributed by atoms with Crippen LogP contribution in [0.1, 0.15) is 5.56 Å². The minimum atomic E-state index is -0.753. The number of esters is 1. The maximum atomic E-state index is 11.8. The van der Waals surface area contributed by atoms with Crippen LogP contribution in [0.3, 0.4) is 0 Å². The predicted molar refractivity (Wildman–Crippen MR) is 94.4 cm³/mol. The highest BCUT2D eigenvalue weighted by Gasteiger charge is 2.12. The molecule has 136 valence electrons. The van der Waals surface area contributed by atoms with Crippen LogP contribution in [0.5, 0.6) is 5.75 Å². The van der Waals surface area contributed by atoms with Crippen LogP contribution >= 0.6 is 11.6 Å². The molecule has 2 aromatic rings. The van der Waals surface area contributed by atoms with E-state index in [1.807, 2.05) is 6.92 Å². The van der Waals surface area contributed by atoms with Gasteiger partial charge < -0.3 is 14.8 Å². The zero-order valence-corrected chi connectivity index (χ0v) is 14.5. The number of carbonyl (C=O) groups is 2. The van der Waals surface area contributed by atoms with Gasteiger partial charge in [-0.1, -0.05) is 23.7 Å². The van der Waals surface area contributed by atoms with Gasteiger partial charge in [0, 0.05) is 17.8 Å². The molecular formula is C17H15ClN2O6. The Hall–Kier alpha value is -3.13. The molecule has 2 rings (SSSR count). The van der Waals surface area contributed by atoms with E-state index in [1.165, 1.54) is 24.3 Å². The number of carbonyl (C=O) groups excluding carboxylic acids is 2. The summed E-state index contributed by atoms with van der Waals surface area (Å²) in [6.45, 7) is 0.888. The number of nitrogens with one attached hydrogen (secondary N) is 1. The molecule has 0 bridgehead atoms. The van der Waals surface area contributed by atoms with Crippen molar-refractivity contribution in [3.63, 3.8) is 0 Å². The van der Waals surface area contributed by atoms with Crippen LogP contribution in [-0.2, 0) is 14.3 Å². The number of ether oxygens (including phenoxy) is 2. The quantitative estimate of drug-likeness (QED) is 0.450. The van der Waals surface area contributed by atoms with Crippen molar-refractivity contribution in [1.29, 1.82) is 0 Å². The first-order valence-corrected chi connectivity index (χ1v) is 7.82. The van der Waals surface area contributed by atoms with E-state index in [1.54, 1.807) is 18.2 Å². The first-order chi connectivity index (χ1) is 12.3. The highest BCUT2D eigenvalue weighted by molar-refractivity contribution is 6.32. The number of non-ortho nitro benzene ring substituents is 1. The molecule has 0 saturated carbocycles. The highest BCUT2D eigenvalue weighted by atomic mass is 35.5. The van der Waals surface area contributed by atoms with E-state index in [0.717, 1.165) is 5.56 Å². The number of aryl methyl sites for hydroxylation is 1. The number of benzene rings is 2. The van der Waals surface area contributed by atoms with Gasteiger partial charge in [-0.15, -0.1) is 0 Å². The molecule has 0 unspecified atom stereocenters. The van der Waals surface area contributed by atoms with E-state index >= 15 is 0 Å². The van der Waals surface area contributed by atoms with Gasteiger partial charge in [-0.3, -0.25) is 14.9 Å². The van der Waals surface area contributed by atoms with Gasteiger partial charge in [0.15, 0.2) is 13.2 Å². The van der Waals surface area contributed by atoms with Crippen molar-refractivity contribution in [1.82, 2.24) is 0 Å². The Morgan fingerprint density at radius 3 is 2.69 bits per heavy atom.